The number of nitrogens with zero attached hydrogens (tertiary/aromatic N) is 2. The van der Waals surface area contributed by atoms with Crippen LogP contribution in [0.15, 0.2) is 24.3 Å². The molecule has 0 spiro atoms. The fraction of sp³-hybridized carbons (Fsp3) is 0.364. The standard InChI is InChI=1S/C22H26N4O4/c1-12-4-6-15(27)13(2)18(12)26-19(23)17(20(24)28)14-5-7-16(25-21(14)26)30-11-22(8-9-22)10-29-3/h4-7,27H,8-11,23H2,1-3H3,(H2,24,28). The second kappa shape index (κ2) is 7.21. The monoisotopic (exact) mass is 410 g/mol. The van der Waals surface area contributed by atoms with Gasteiger partial charge >= 0.3 is 0 Å². The van der Waals surface area contributed by atoms with E-state index in [1.807, 2.05) is 6.92 Å². The van der Waals surface area contributed by atoms with Crippen LogP contribution in [-0.4, -0.2) is 40.9 Å². The smallest absolute Gasteiger partial charge is 0.253 e. The van der Waals surface area contributed by atoms with Crippen molar-refractivity contribution in [3.63, 3.8) is 0 Å². The third-order valence-corrected chi connectivity index (χ3v) is 5.84. The average molecular weight is 410 g/mol. The number of phenols is 1. The van der Waals surface area contributed by atoms with Gasteiger partial charge in [0.05, 0.1) is 24.5 Å². The number of anilines is 1. The molecule has 0 unspecified atom stereocenters. The number of aryl methyl sites for hydroxylation is 1. The zero-order valence-electron chi connectivity index (χ0n) is 17.4. The number of pyridine rings is 1. The van der Waals surface area contributed by atoms with E-state index in [0.29, 0.717) is 41.4 Å². The molecule has 30 heavy (non-hydrogen) atoms. The fourth-order valence-corrected chi connectivity index (χ4v) is 3.94. The quantitative estimate of drug-likeness (QED) is 0.550. The summed E-state index contributed by atoms with van der Waals surface area (Å²) in [5, 5.41) is 10.8. The molecule has 2 heterocycles. The van der Waals surface area contributed by atoms with Crippen LogP contribution in [0.3, 0.4) is 0 Å². The molecule has 8 heteroatoms. The number of carbonyl (C=O) groups excluding carboxylic acids is 1. The summed E-state index contributed by atoms with van der Waals surface area (Å²) in [4.78, 5) is 16.8. The molecule has 1 aliphatic rings. The number of phenolic OH excluding ortho intramolecular Hbond substituents is 1. The fourth-order valence-electron chi connectivity index (χ4n) is 3.94. The molecule has 3 aromatic rings. The van der Waals surface area contributed by atoms with Crippen molar-refractivity contribution in [2.24, 2.45) is 11.1 Å². The lowest BCUT2D eigenvalue weighted by molar-refractivity contribution is 0.100. The molecule has 0 radical (unpaired) electrons. The Balaban J connectivity index is 1.86. The number of carbonyl (C=O) groups is 1. The van der Waals surface area contributed by atoms with E-state index in [4.69, 9.17) is 20.9 Å². The number of primary amides is 1. The van der Waals surface area contributed by atoms with Gasteiger partial charge in [0.1, 0.15) is 11.6 Å². The van der Waals surface area contributed by atoms with Crippen LogP contribution in [0.1, 0.15) is 34.3 Å². The van der Waals surface area contributed by atoms with Gasteiger partial charge in [-0.2, -0.15) is 4.98 Å². The van der Waals surface area contributed by atoms with Crippen LogP contribution in [-0.2, 0) is 4.74 Å². The molecule has 8 nitrogen and oxygen atoms in total. The van der Waals surface area contributed by atoms with Crippen LogP contribution in [0.2, 0.25) is 0 Å². The second-order valence-corrected chi connectivity index (χ2v) is 8.08. The highest BCUT2D eigenvalue weighted by Gasteiger charge is 2.43. The van der Waals surface area contributed by atoms with Gasteiger partial charge in [-0.25, -0.2) is 0 Å². The summed E-state index contributed by atoms with van der Waals surface area (Å²) in [6.07, 6.45) is 2.11. The van der Waals surface area contributed by atoms with Gasteiger partial charge in [0.15, 0.2) is 5.65 Å². The minimum Gasteiger partial charge on any atom is -0.508 e. The molecular weight excluding hydrogens is 384 g/mol. The zero-order chi connectivity index (χ0) is 21.6. The molecule has 0 aliphatic heterocycles. The Bertz CT molecular complexity index is 1150. The minimum atomic E-state index is -0.640. The Hall–Kier alpha value is -3.26. The van der Waals surface area contributed by atoms with Crippen molar-refractivity contribution in [2.45, 2.75) is 26.7 Å². The van der Waals surface area contributed by atoms with E-state index in [1.54, 1.807) is 42.9 Å². The van der Waals surface area contributed by atoms with E-state index in [2.05, 4.69) is 4.98 Å². The zero-order valence-corrected chi connectivity index (χ0v) is 17.4. The first-order valence-corrected chi connectivity index (χ1v) is 9.80. The molecule has 0 atom stereocenters. The Morgan fingerprint density at radius 3 is 2.60 bits per heavy atom. The van der Waals surface area contributed by atoms with Crippen molar-refractivity contribution in [2.75, 3.05) is 26.1 Å². The molecule has 0 saturated heterocycles. The topological polar surface area (TPSA) is 126 Å². The molecular formula is C22H26N4O4. The second-order valence-electron chi connectivity index (χ2n) is 8.08. The molecule has 1 saturated carbocycles. The molecule has 1 fully saturated rings. The van der Waals surface area contributed by atoms with Crippen molar-refractivity contribution < 1.29 is 19.4 Å². The maximum Gasteiger partial charge on any atom is 0.253 e. The Morgan fingerprint density at radius 1 is 1.23 bits per heavy atom. The number of methoxy groups -OCH3 is 1. The summed E-state index contributed by atoms with van der Waals surface area (Å²) in [5.74, 6) is 0.0893. The van der Waals surface area contributed by atoms with Gasteiger partial charge in [0.25, 0.3) is 5.91 Å². The molecule has 4 rings (SSSR count). The average Bonchev–Trinajstić information content (AvgIpc) is 3.41. The van der Waals surface area contributed by atoms with Crippen LogP contribution in [0.25, 0.3) is 16.7 Å². The van der Waals surface area contributed by atoms with Crippen LogP contribution in [0.5, 0.6) is 11.6 Å². The lowest BCUT2D eigenvalue weighted by Gasteiger charge is -2.16. The Kier molecular flexibility index (Phi) is 4.82. The highest BCUT2D eigenvalue weighted by Crippen LogP contribution is 2.46. The number of rotatable bonds is 7. The maximum absolute atomic E-state index is 12.1. The summed E-state index contributed by atoms with van der Waals surface area (Å²) < 4.78 is 12.9. The number of nitrogen functional groups attached to an aromatic ring is 1. The number of nitrogens with two attached hydrogens (primary N) is 2. The molecule has 1 aromatic carbocycles. The molecule has 1 aliphatic carbocycles. The van der Waals surface area contributed by atoms with E-state index in [1.165, 1.54) is 0 Å². The number of hydrogen-bond donors (Lipinski definition) is 3. The number of ether oxygens (including phenoxy) is 2. The highest BCUT2D eigenvalue weighted by molar-refractivity contribution is 6.11. The third kappa shape index (κ3) is 3.23. The summed E-state index contributed by atoms with van der Waals surface area (Å²) in [6.45, 7) is 4.84. The maximum atomic E-state index is 12.1. The first-order valence-electron chi connectivity index (χ1n) is 9.80. The number of benzene rings is 1. The summed E-state index contributed by atoms with van der Waals surface area (Å²) in [6, 6.07) is 6.87. The molecule has 1 amide bonds. The Morgan fingerprint density at radius 2 is 1.97 bits per heavy atom. The van der Waals surface area contributed by atoms with E-state index >= 15 is 0 Å². The predicted molar refractivity (Wildman–Crippen MR) is 114 cm³/mol. The summed E-state index contributed by atoms with van der Waals surface area (Å²) in [5.41, 5.74) is 14.8. The molecule has 158 valence electrons. The SMILES string of the molecule is COCC1(COc2ccc3c(C(N)=O)c(N)n(-c4c(C)ccc(O)c4C)c3n2)CC1. The highest BCUT2D eigenvalue weighted by atomic mass is 16.5. The lowest BCUT2D eigenvalue weighted by atomic mass is 10.1. The predicted octanol–water partition coefficient (Wildman–Crippen LogP) is 2.83. The van der Waals surface area contributed by atoms with Gasteiger partial charge in [-0.1, -0.05) is 6.07 Å². The third-order valence-electron chi connectivity index (χ3n) is 5.84. The summed E-state index contributed by atoms with van der Waals surface area (Å²) >= 11 is 0. The normalized spacial score (nSPS) is 14.8. The number of aromatic nitrogens is 2. The van der Waals surface area contributed by atoms with Crippen molar-refractivity contribution in [1.29, 1.82) is 0 Å². The van der Waals surface area contributed by atoms with E-state index in [9.17, 15) is 9.90 Å². The largest absolute Gasteiger partial charge is 0.508 e. The van der Waals surface area contributed by atoms with Crippen molar-refractivity contribution in [3.05, 3.63) is 41.0 Å². The number of hydrogen-bond acceptors (Lipinski definition) is 6. The van der Waals surface area contributed by atoms with E-state index < -0.39 is 5.91 Å². The van der Waals surface area contributed by atoms with Crippen LogP contribution < -0.4 is 16.2 Å². The van der Waals surface area contributed by atoms with Crippen molar-refractivity contribution in [1.82, 2.24) is 9.55 Å². The lowest BCUT2D eigenvalue weighted by Crippen LogP contribution is -2.19. The summed E-state index contributed by atoms with van der Waals surface area (Å²) in [7, 11) is 1.69. The number of amides is 1. The van der Waals surface area contributed by atoms with Gasteiger partial charge in [-0.3, -0.25) is 9.36 Å². The molecule has 2 aromatic heterocycles. The van der Waals surface area contributed by atoms with Crippen molar-refractivity contribution >= 4 is 22.8 Å². The minimum absolute atomic E-state index is 0.0448. The van der Waals surface area contributed by atoms with Gasteiger partial charge in [-0.05, 0) is 44.4 Å². The van der Waals surface area contributed by atoms with Crippen molar-refractivity contribution in [3.8, 4) is 17.3 Å². The first kappa shape index (κ1) is 20.0. The first-order chi connectivity index (χ1) is 14.3. The van der Waals surface area contributed by atoms with Gasteiger partial charge in [-0.15, -0.1) is 0 Å². The Labute approximate surface area is 174 Å². The van der Waals surface area contributed by atoms with Gasteiger partial charge in [0.2, 0.25) is 5.88 Å². The van der Waals surface area contributed by atoms with Crippen LogP contribution in [0.4, 0.5) is 5.82 Å². The van der Waals surface area contributed by atoms with Gasteiger partial charge < -0.3 is 26.0 Å². The molecule has 0 bridgehead atoms. The van der Waals surface area contributed by atoms with E-state index in [0.717, 1.165) is 18.4 Å². The van der Waals surface area contributed by atoms with Gasteiger partial charge in [0, 0.05) is 29.5 Å². The number of fused-ring (bicyclic) bond motifs is 1. The van der Waals surface area contributed by atoms with Crippen LogP contribution in [0, 0.1) is 19.3 Å². The molecule has 5 N–H and O–H groups in total. The van der Waals surface area contributed by atoms with E-state index in [-0.39, 0.29) is 22.5 Å². The number of aromatic hydroxyl groups is 1. The van der Waals surface area contributed by atoms with Crippen LogP contribution >= 0.6 is 0 Å².